The van der Waals surface area contributed by atoms with Crippen LogP contribution in [0, 0.1) is 6.92 Å². The molecule has 0 saturated heterocycles. The van der Waals surface area contributed by atoms with Crippen molar-refractivity contribution in [3.05, 3.63) is 41.9 Å². The Morgan fingerprint density at radius 1 is 1.47 bits per heavy atom. The van der Waals surface area contributed by atoms with Gasteiger partial charge in [0.15, 0.2) is 0 Å². The fraction of sp³-hybridized carbons (Fsp3) is 0.417. The number of rotatable bonds is 6. The maximum Gasteiger partial charge on any atom is 0.103 e. The largest absolute Gasteiger partial charge is 0.472 e. The van der Waals surface area contributed by atoms with Crippen LogP contribution in [-0.4, -0.2) is 33.1 Å². The van der Waals surface area contributed by atoms with Gasteiger partial charge in [0, 0.05) is 37.1 Å². The van der Waals surface area contributed by atoms with E-state index in [1.165, 1.54) is 0 Å². The zero-order valence-corrected chi connectivity index (χ0v) is 9.89. The molecule has 0 fully saturated rings. The molecule has 0 atom stereocenters. The summed E-state index contributed by atoms with van der Waals surface area (Å²) in [5.74, 6) is 0.909. The highest BCUT2D eigenvalue weighted by Crippen LogP contribution is 2.08. The van der Waals surface area contributed by atoms with Gasteiger partial charge in [-0.1, -0.05) is 0 Å². The summed E-state index contributed by atoms with van der Waals surface area (Å²) in [6.45, 7) is 4.20. The van der Waals surface area contributed by atoms with Crippen LogP contribution < -0.4 is 0 Å². The second-order valence-electron chi connectivity index (χ2n) is 4.06. The molecule has 0 unspecified atom stereocenters. The second-order valence-corrected chi connectivity index (χ2v) is 4.06. The Kier molecular flexibility index (Phi) is 3.95. The van der Waals surface area contributed by atoms with Crippen LogP contribution in [0.3, 0.4) is 0 Å². The molecular weight excluding hydrogens is 218 g/mol. The van der Waals surface area contributed by atoms with Gasteiger partial charge in [0.1, 0.15) is 5.82 Å². The van der Waals surface area contributed by atoms with Crippen molar-refractivity contribution < 1.29 is 9.52 Å². The number of aliphatic hydroxyl groups is 1. The van der Waals surface area contributed by atoms with Crippen molar-refractivity contribution in [1.29, 1.82) is 0 Å². The van der Waals surface area contributed by atoms with Gasteiger partial charge in [0.25, 0.3) is 0 Å². The first-order chi connectivity index (χ1) is 8.28. The van der Waals surface area contributed by atoms with Crippen molar-refractivity contribution in [2.45, 2.75) is 20.0 Å². The van der Waals surface area contributed by atoms with Gasteiger partial charge in [-0.05, 0) is 13.0 Å². The predicted octanol–water partition coefficient (Wildman–Crippen LogP) is 1.31. The number of imidazole rings is 1. The molecule has 0 bridgehead atoms. The molecule has 5 heteroatoms. The molecule has 0 aliphatic heterocycles. The highest BCUT2D eigenvalue weighted by atomic mass is 16.3. The molecule has 2 aromatic heterocycles. The number of nitrogens with zero attached hydrogens (tertiary/aromatic N) is 2. The molecule has 0 radical (unpaired) electrons. The third-order valence-electron chi connectivity index (χ3n) is 2.55. The van der Waals surface area contributed by atoms with Gasteiger partial charge in [0.05, 0.1) is 19.1 Å². The molecule has 0 saturated carbocycles. The Labute approximate surface area is 100 Å². The first kappa shape index (κ1) is 11.9. The van der Waals surface area contributed by atoms with E-state index >= 15 is 0 Å². The molecule has 0 spiro atoms. The molecule has 2 aromatic rings. The van der Waals surface area contributed by atoms with Crippen LogP contribution in [0.25, 0.3) is 0 Å². The number of aryl methyl sites for hydroxylation is 1. The molecule has 2 N–H and O–H groups in total. The fourth-order valence-electron chi connectivity index (χ4n) is 1.79. The van der Waals surface area contributed by atoms with Gasteiger partial charge in [0.2, 0.25) is 0 Å². The standard InChI is InChI=1S/C12H17N3O2/c1-10-13-6-12(14-10)8-15(3-4-16)7-11-2-5-17-9-11/h2,5-6,9,16H,3-4,7-8H2,1H3,(H,13,14). The lowest BCUT2D eigenvalue weighted by atomic mass is 10.3. The lowest BCUT2D eigenvalue weighted by Crippen LogP contribution is -2.26. The number of H-pyrrole nitrogens is 1. The van der Waals surface area contributed by atoms with Crippen LogP contribution in [-0.2, 0) is 13.1 Å². The number of nitrogens with one attached hydrogen (secondary N) is 1. The minimum Gasteiger partial charge on any atom is -0.472 e. The molecule has 0 aliphatic rings. The quantitative estimate of drug-likeness (QED) is 0.792. The van der Waals surface area contributed by atoms with Crippen LogP contribution in [0.5, 0.6) is 0 Å². The van der Waals surface area contributed by atoms with Crippen LogP contribution in [0.1, 0.15) is 17.1 Å². The van der Waals surface area contributed by atoms with Crippen molar-refractivity contribution in [3.63, 3.8) is 0 Å². The molecule has 0 aromatic carbocycles. The topological polar surface area (TPSA) is 65.3 Å². The molecule has 2 rings (SSSR count). The van der Waals surface area contributed by atoms with Gasteiger partial charge in [-0.15, -0.1) is 0 Å². The second kappa shape index (κ2) is 5.65. The van der Waals surface area contributed by atoms with E-state index in [2.05, 4.69) is 14.9 Å². The Hall–Kier alpha value is -1.59. The van der Waals surface area contributed by atoms with E-state index in [0.29, 0.717) is 6.54 Å². The zero-order chi connectivity index (χ0) is 12.1. The lowest BCUT2D eigenvalue weighted by molar-refractivity contribution is 0.182. The van der Waals surface area contributed by atoms with Crippen molar-refractivity contribution in [1.82, 2.24) is 14.9 Å². The van der Waals surface area contributed by atoms with E-state index in [1.54, 1.807) is 12.5 Å². The molecule has 2 heterocycles. The van der Waals surface area contributed by atoms with Crippen LogP contribution in [0.4, 0.5) is 0 Å². The van der Waals surface area contributed by atoms with E-state index in [4.69, 9.17) is 9.52 Å². The summed E-state index contributed by atoms with van der Waals surface area (Å²) >= 11 is 0. The highest BCUT2D eigenvalue weighted by molar-refractivity contribution is 5.06. The fourth-order valence-corrected chi connectivity index (χ4v) is 1.79. The SMILES string of the molecule is Cc1ncc(CN(CCO)Cc2ccoc2)[nH]1. The summed E-state index contributed by atoms with van der Waals surface area (Å²) in [7, 11) is 0. The zero-order valence-electron chi connectivity index (χ0n) is 9.89. The smallest absolute Gasteiger partial charge is 0.103 e. The summed E-state index contributed by atoms with van der Waals surface area (Å²) in [4.78, 5) is 9.49. The summed E-state index contributed by atoms with van der Waals surface area (Å²) in [6, 6.07) is 1.93. The normalized spacial score (nSPS) is 11.2. The minimum atomic E-state index is 0.144. The Bertz CT molecular complexity index is 436. The van der Waals surface area contributed by atoms with Crippen molar-refractivity contribution in [2.75, 3.05) is 13.2 Å². The highest BCUT2D eigenvalue weighted by Gasteiger charge is 2.08. The predicted molar refractivity (Wildman–Crippen MR) is 63.2 cm³/mol. The van der Waals surface area contributed by atoms with Gasteiger partial charge >= 0.3 is 0 Å². The van der Waals surface area contributed by atoms with Crippen molar-refractivity contribution >= 4 is 0 Å². The maximum atomic E-state index is 9.06. The summed E-state index contributed by atoms with van der Waals surface area (Å²) < 4.78 is 5.04. The van der Waals surface area contributed by atoms with Crippen LogP contribution >= 0.6 is 0 Å². The third kappa shape index (κ3) is 3.44. The third-order valence-corrected chi connectivity index (χ3v) is 2.55. The number of hydrogen-bond acceptors (Lipinski definition) is 4. The number of furan rings is 1. The van der Waals surface area contributed by atoms with Crippen molar-refractivity contribution in [3.8, 4) is 0 Å². The maximum absolute atomic E-state index is 9.06. The van der Waals surface area contributed by atoms with Crippen molar-refractivity contribution in [2.24, 2.45) is 0 Å². The monoisotopic (exact) mass is 235 g/mol. The first-order valence-corrected chi connectivity index (χ1v) is 5.62. The van der Waals surface area contributed by atoms with Crippen LogP contribution in [0.15, 0.2) is 29.2 Å². The van der Waals surface area contributed by atoms with E-state index in [1.807, 2.05) is 19.2 Å². The molecule has 17 heavy (non-hydrogen) atoms. The number of aromatic nitrogens is 2. The van der Waals surface area contributed by atoms with E-state index in [-0.39, 0.29) is 6.61 Å². The van der Waals surface area contributed by atoms with E-state index in [9.17, 15) is 0 Å². The Morgan fingerprint density at radius 2 is 2.35 bits per heavy atom. The summed E-state index contributed by atoms with van der Waals surface area (Å²) in [6.07, 6.45) is 5.21. The lowest BCUT2D eigenvalue weighted by Gasteiger charge is -2.19. The number of aromatic amines is 1. The average molecular weight is 235 g/mol. The minimum absolute atomic E-state index is 0.144. The molecular formula is C12H17N3O2. The van der Waals surface area contributed by atoms with Gasteiger partial charge in [-0.3, -0.25) is 4.90 Å². The Balaban J connectivity index is 1.97. The number of hydrogen-bond donors (Lipinski definition) is 2. The van der Waals surface area contributed by atoms with E-state index < -0.39 is 0 Å². The molecule has 92 valence electrons. The van der Waals surface area contributed by atoms with Gasteiger partial charge < -0.3 is 14.5 Å². The van der Waals surface area contributed by atoms with Gasteiger partial charge in [-0.2, -0.15) is 0 Å². The Morgan fingerprint density at radius 3 is 2.94 bits per heavy atom. The molecule has 0 amide bonds. The summed E-state index contributed by atoms with van der Waals surface area (Å²) in [5, 5.41) is 9.06. The number of aliphatic hydroxyl groups excluding tert-OH is 1. The average Bonchev–Trinajstić information content (AvgIpc) is 2.91. The van der Waals surface area contributed by atoms with Crippen LogP contribution in [0.2, 0.25) is 0 Å². The van der Waals surface area contributed by atoms with Gasteiger partial charge in [-0.25, -0.2) is 4.98 Å². The summed E-state index contributed by atoms with van der Waals surface area (Å²) in [5.41, 5.74) is 2.16. The molecule has 0 aliphatic carbocycles. The first-order valence-electron chi connectivity index (χ1n) is 5.62. The molecule has 5 nitrogen and oxygen atoms in total. The van der Waals surface area contributed by atoms with E-state index in [0.717, 1.165) is 30.2 Å².